The van der Waals surface area contributed by atoms with E-state index in [9.17, 15) is 58.2 Å². The second-order valence-corrected chi connectivity index (χ2v) is 21.5. The van der Waals surface area contributed by atoms with Crippen LogP contribution in [0.3, 0.4) is 0 Å². The van der Waals surface area contributed by atoms with E-state index in [2.05, 4.69) is 54.5 Å². The van der Waals surface area contributed by atoms with Gasteiger partial charge in [-0.3, -0.25) is 43.4 Å². The molecule has 8 amide bonds. The highest BCUT2D eigenvalue weighted by Gasteiger charge is 2.26. The zero-order chi connectivity index (χ0) is 61.3. The summed E-state index contributed by atoms with van der Waals surface area (Å²) in [5.41, 5.74) is 25.5. The number of carboxylic acid groups (broad SMARTS) is 3. The standard InChI is InChI=1S/C55H78IN13O13S/c56-40-17-11-38(12-18-40)33-69(24-5-4-6-43(53(78)79)65-55(82)66-44(54(80)81)21-22-51(75)76)52(77)39-15-9-37(10-16-39)29-63-49(74)7-2-1-3-8-50(83)64-41-19-13-36(14-20-41)28-42(30-62-32-46(58)71)68(35-48(60)73)27-26-67(34-47(59)72)25-23-61-31-45(57)70/h9-20,42-44,61-62H,1-8,21-35H2,(H2,57,70)(H2,58,71)(H2,59,72)(H2,60,73)(H,63,74)(H,64,83)(H,75,76)(H,78,79)(H,80,81)(H2,65,66,82)/t42?,43-,44-/m1/s1. The molecule has 0 aromatic heterocycles. The van der Waals surface area contributed by atoms with Crippen molar-refractivity contribution in [2.45, 2.75) is 102 Å². The average molecular weight is 1290 g/mol. The maximum Gasteiger partial charge on any atom is 0.326 e. The van der Waals surface area contributed by atoms with Crippen molar-refractivity contribution in [3.8, 4) is 0 Å². The van der Waals surface area contributed by atoms with Crippen LogP contribution in [-0.4, -0.2) is 178 Å². The summed E-state index contributed by atoms with van der Waals surface area (Å²) in [6.45, 7) is 2.15. The molecule has 0 fully saturated rings. The highest BCUT2D eigenvalue weighted by Crippen LogP contribution is 2.18. The third-order valence-electron chi connectivity index (χ3n) is 12.8. The van der Waals surface area contributed by atoms with Crippen LogP contribution in [0, 0.1) is 3.57 Å². The second kappa shape index (κ2) is 38.4. The van der Waals surface area contributed by atoms with Crippen LogP contribution in [0.4, 0.5) is 10.5 Å². The highest BCUT2D eigenvalue weighted by atomic mass is 127. The molecule has 0 spiro atoms. The van der Waals surface area contributed by atoms with Crippen LogP contribution < -0.4 is 54.8 Å². The summed E-state index contributed by atoms with van der Waals surface area (Å²) >= 11 is 7.81. The quantitative estimate of drug-likeness (QED) is 0.0212. The fourth-order valence-electron chi connectivity index (χ4n) is 8.55. The summed E-state index contributed by atoms with van der Waals surface area (Å²) in [5, 5.41) is 44.5. The monoisotopic (exact) mass is 1290 g/mol. The highest BCUT2D eigenvalue weighted by molar-refractivity contribution is 14.1. The number of aliphatic carboxylic acids is 3. The van der Waals surface area contributed by atoms with E-state index in [1.54, 1.807) is 34.1 Å². The van der Waals surface area contributed by atoms with Crippen molar-refractivity contribution in [1.29, 1.82) is 0 Å². The molecule has 454 valence electrons. The molecule has 0 bridgehead atoms. The van der Waals surface area contributed by atoms with Crippen LogP contribution in [-0.2, 0) is 57.9 Å². The van der Waals surface area contributed by atoms with Crippen molar-refractivity contribution < 1.29 is 63.3 Å². The molecule has 28 heteroatoms. The van der Waals surface area contributed by atoms with Gasteiger partial charge in [-0.25, -0.2) is 14.4 Å². The van der Waals surface area contributed by atoms with E-state index in [0.29, 0.717) is 68.8 Å². The Morgan fingerprint density at radius 3 is 1.78 bits per heavy atom. The van der Waals surface area contributed by atoms with Crippen molar-refractivity contribution >= 4 is 105 Å². The Balaban J connectivity index is 1.48. The fourth-order valence-corrected chi connectivity index (χ4v) is 9.17. The topological polar surface area (TPSA) is 417 Å². The predicted molar refractivity (Wildman–Crippen MR) is 321 cm³/mol. The normalized spacial score (nSPS) is 12.1. The number of hydrogen-bond donors (Lipinski definition) is 13. The van der Waals surface area contributed by atoms with Crippen LogP contribution >= 0.6 is 34.8 Å². The van der Waals surface area contributed by atoms with Crippen LogP contribution in [0.2, 0.25) is 0 Å². The zero-order valence-corrected chi connectivity index (χ0v) is 49.3. The van der Waals surface area contributed by atoms with E-state index in [1.807, 2.05) is 53.4 Å². The molecule has 0 aliphatic heterocycles. The number of rotatable bonds is 43. The summed E-state index contributed by atoms with van der Waals surface area (Å²) in [4.78, 5) is 126. The van der Waals surface area contributed by atoms with Gasteiger partial charge in [0.15, 0.2) is 0 Å². The Kier molecular flexibility index (Phi) is 32.3. The number of carbonyl (C=O) groups is 10. The molecule has 0 saturated carbocycles. The van der Waals surface area contributed by atoms with Crippen molar-refractivity contribution in [3.05, 3.63) is 98.6 Å². The molecule has 0 aliphatic carbocycles. The molecule has 0 saturated heterocycles. The Hall–Kier alpha value is -7.38. The Bertz CT molecular complexity index is 2640. The number of hydrogen-bond acceptors (Lipinski definition) is 15. The number of nitrogens with two attached hydrogens (primary N) is 4. The van der Waals surface area contributed by atoms with Gasteiger partial charge in [-0.05, 0) is 127 Å². The lowest BCUT2D eigenvalue weighted by atomic mass is 10.0. The lowest BCUT2D eigenvalue weighted by Crippen LogP contribution is -2.51. The lowest BCUT2D eigenvalue weighted by molar-refractivity contribution is -0.141. The molecule has 17 N–H and O–H groups in total. The first-order valence-electron chi connectivity index (χ1n) is 27.0. The Morgan fingerprint density at radius 2 is 1.18 bits per heavy atom. The number of primary amides is 4. The third kappa shape index (κ3) is 30.5. The van der Waals surface area contributed by atoms with Crippen LogP contribution in [0.25, 0.3) is 0 Å². The van der Waals surface area contributed by atoms with Crippen LogP contribution in [0.1, 0.15) is 91.3 Å². The number of nitrogens with one attached hydrogen (secondary N) is 6. The number of thiocarbonyl (C=S) groups is 1. The lowest BCUT2D eigenvalue weighted by Gasteiger charge is -2.33. The molecule has 3 rings (SSSR count). The average Bonchev–Trinajstić information content (AvgIpc) is 3.44. The van der Waals surface area contributed by atoms with Crippen molar-refractivity contribution in [3.63, 3.8) is 0 Å². The van der Waals surface area contributed by atoms with E-state index in [0.717, 1.165) is 38.8 Å². The minimum atomic E-state index is -1.53. The van der Waals surface area contributed by atoms with Crippen LogP contribution in [0.5, 0.6) is 0 Å². The first-order valence-corrected chi connectivity index (χ1v) is 28.5. The zero-order valence-electron chi connectivity index (χ0n) is 46.3. The molecule has 3 aromatic rings. The number of carbonyl (C=O) groups excluding carboxylic acids is 7. The van der Waals surface area contributed by atoms with Gasteiger partial charge in [0.1, 0.15) is 12.1 Å². The SMILES string of the molecule is NC(=O)CNCCN(CCN(CC(N)=O)C(CNCC(N)=O)Cc1ccc(NC(=S)CCCCCC(=O)NCc2ccc(C(=O)N(CCCC[C@@H](NC(=O)N[C@H](CCC(=O)O)C(=O)O)C(=O)O)Cc3ccc(I)cc3)cc2)cc1)CC(N)=O. The largest absolute Gasteiger partial charge is 0.481 e. The van der Waals surface area contributed by atoms with Gasteiger partial charge in [0, 0.05) is 86.1 Å². The van der Waals surface area contributed by atoms with Gasteiger partial charge in [-0.1, -0.05) is 55.0 Å². The van der Waals surface area contributed by atoms with E-state index >= 15 is 0 Å². The number of unbranched alkanes of at least 4 members (excludes halogenated alkanes) is 3. The minimum absolute atomic E-state index is 0.0298. The molecule has 0 aliphatic rings. The van der Waals surface area contributed by atoms with Gasteiger partial charge in [-0.15, -0.1) is 0 Å². The molecule has 0 heterocycles. The number of amides is 8. The van der Waals surface area contributed by atoms with Crippen molar-refractivity contribution in [2.75, 3.05) is 70.8 Å². The molecule has 0 radical (unpaired) electrons. The fraction of sp³-hybridized carbons (Fsp3) is 0.473. The Labute approximate surface area is 501 Å². The number of nitrogens with zero attached hydrogens (tertiary/aromatic N) is 3. The number of urea groups is 1. The molecule has 83 heavy (non-hydrogen) atoms. The number of benzene rings is 3. The molecule has 3 aromatic carbocycles. The van der Waals surface area contributed by atoms with Gasteiger partial charge >= 0.3 is 23.9 Å². The number of carboxylic acids is 3. The summed E-state index contributed by atoms with van der Waals surface area (Å²) in [5.74, 6) is -6.65. The van der Waals surface area contributed by atoms with Gasteiger partial charge in [-0.2, -0.15) is 0 Å². The summed E-state index contributed by atoms with van der Waals surface area (Å²) in [6, 6.07) is 17.8. The summed E-state index contributed by atoms with van der Waals surface area (Å²) in [7, 11) is 0. The molecular weight excluding hydrogens is 1210 g/mol. The second-order valence-electron chi connectivity index (χ2n) is 19.7. The van der Waals surface area contributed by atoms with E-state index < -0.39 is 72.5 Å². The predicted octanol–water partition coefficient (Wildman–Crippen LogP) is 0.816. The first kappa shape index (κ1) is 69.9. The number of anilines is 1. The van der Waals surface area contributed by atoms with Gasteiger partial charge < -0.3 is 75.1 Å². The minimum Gasteiger partial charge on any atom is -0.481 e. The van der Waals surface area contributed by atoms with Crippen molar-refractivity contribution in [2.24, 2.45) is 22.9 Å². The van der Waals surface area contributed by atoms with Gasteiger partial charge in [0.05, 0.1) is 31.2 Å². The third-order valence-corrected chi connectivity index (χ3v) is 13.9. The van der Waals surface area contributed by atoms with Crippen LogP contribution in [0.15, 0.2) is 72.8 Å². The maximum absolute atomic E-state index is 13.9. The molecular formula is C55H78IN13O13S. The first-order chi connectivity index (χ1) is 39.5. The van der Waals surface area contributed by atoms with E-state index in [-0.39, 0.29) is 83.1 Å². The van der Waals surface area contributed by atoms with E-state index in [1.165, 1.54) is 0 Å². The Morgan fingerprint density at radius 1 is 0.590 bits per heavy atom. The van der Waals surface area contributed by atoms with Crippen molar-refractivity contribution in [1.82, 2.24) is 41.3 Å². The smallest absolute Gasteiger partial charge is 0.326 e. The van der Waals surface area contributed by atoms with E-state index in [4.69, 9.17) is 40.3 Å². The van der Waals surface area contributed by atoms with Gasteiger partial charge in [0.2, 0.25) is 29.5 Å². The number of halogens is 1. The maximum atomic E-state index is 13.9. The summed E-state index contributed by atoms with van der Waals surface area (Å²) < 4.78 is 1.01. The van der Waals surface area contributed by atoms with Gasteiger partial charge in [0.25, 0.3) is 5.91 Å². The summed E-state index contributed by atoms with van der Waals surface area (Å²) in [6.07, 6.45) is 3.19. The molecule has 26 nitrogen and oxygen atoms in total. The molecule has 1 unspecified atom stereocenters. The molecule has 3 atom stereocenters.